The van der Waals surface area contributed by atoms with Crippen molar-refractivity contribution in [1.29, 1.82) is 0 Å². The summed E-state index contributed by atoms with van der Waals surface area (Å²) in [5.74, 6) is -1.51. The Kier molecular flexibility index (Phi) is 7.27. The second-order valence-electron chi connectivity index (χ2n) is 7.19. The van der Waals surface area contributed by atoms with Gasteiger partial charge in [-0.3, -0.25) is 4.79 Å². The average molecular weight is 441 g/mol. The number of methoxy groups -OCH3 is 1. The fourth-order valence-electron chi connectivity index (χ4n) is 3.46. The molecule has 0 spiro atoms. The maximum Gasteiger partial charge on any atom is 0.340 e. The third kappa shape index (κ3) is 4.25. The van der Waals surface area contributed by atoms with Gasteiger partial charge >= 0.3 is 5.97 Å². The zero-order chi connectivity index (χ0) is 20.5. The van der Waals surface area contributed by atoms with Crippen LogP contribution in [0.1, 0.15) is 41.3 Å². The molecule has 0 bridgehead atoms. The van der Waals surface area contributed by atoms with Gasteiger partial charge in [-0.25, -0.2) is 9.18 Å². The molecule has 0 aliphatic carbocycles. The lowest BCUT2D eigenvalue weighted by Gasteiger charge is -2.43. The molecule has 0 saturated carbocycles. The number of esters is 1. The van der Waals surface area contributed by atoms with Crippen molar-refractivity contribution in [2.75, 3.05) is 25.5 Å². The predicted octanol–water partition coefficient (Wildman–Crippen LogP) is 4.29. The summed E-state index contributed by atoms with van der Waals surface area (Å²) in [5, 5.41) is 5.66. The van der Waals surface area contributed by atoms with Crippen molar-refractivity contribution in [2.24, 2.45) is 0 Å². The summed E-state index contributed by atoms with van der Waals surface area (Å²) in [6.07, 6.45) is 0. The van der Waals surface area contributed by atoms with E-state index in [-0.39, 0.29) is 40.5 Å². The second-order valence-corrected chi connectivity index (χ2v) is 7.59. The van der Waals surface area contributed by atoms with Crippen molar-refractivity contribution >= 4 is 41.6 Å². The SMILES string of the molecule is COC(=O)c1cc(Cl)c(F)cc1NC(=O)C1(c2ccccc2C(C)C)CNC1.Cl. The van der Waals surface area contributed by atoms with Crippen LogP contribution in [-0.4, -0.2) is 32.1 Å². The van der Waals surface area contributed by atoms with Crippen LogP contribution in [0.15, 0.2) is 36.4 Å². The molecule has 0 atom stereocenters. The summed E-state index contributed by atoms with van der Waals surface area (Å²) < 4.78 is 18.7. The molecule has 1 heterocycles. The van der Waals surface area contributed by atoms with E-state index in [9.17, 15) is 14.0 Å². The van der Waals surface area contributed by atoms with Gasteiger partial charge in [0.1, 0.15) is 5.82 Å². The van der Waals surface area contributed by atoms with Gasteiger partial charge < -0.3 is 15.4 Å². The van der Waals surface area contributed by atoms with Crippen molar-refractivity contribution in [2.45, 2.75) is 25.2 Å². The maximum absolute atomic E-state index is 14.0. The molecule has 1 saturated heterocycles. The molecular formula is C21H23Cl2FN2O3. The fourth-order valence-corrected chi connectivity index (χ4v) is 3.62. The Hall–Kier alpha value is -2.15. The molecule has 5 nitrogen and oxygen atoms in total. The standard InChI is InChI=1S/C21H22ClFN2O3.ClH/c1-12(2)13-6-4-5-7-15(13)21(10-24-11-21)20(27)25-18-9-17(23)16(22)8-14(18)19(26)28-3;/h4-9,12,24H,10-11H2,1-3H3,(H,25,27);1H. The fraction of sp³-hybridized carbons (Fsp3) is 0.333. The third-order valence-corrected chi connectivity index (χ3v) is 5.39. The molecule has 2 N–H and O–H groups in total. The van der Waals surface area contributed by atoms with Crippen molar-refractivity contribution in [3.8, 4) is 0 Å². The zero-order valence-corrected chi connectivity index (χ0v) is 17.9. The first kappa shape index (κ1) is 23.1. The lowest BCUT2D eigenvalue weighted by molar-refractivity contribution is -0.123. The van der Waals surface area contributed by atoms with Gasteiger partial charge in [0.25, 0.3) is 0 Å². The van der Waals surface area contributed by atoms with Gasteiger partial charge in [-0.1, -0.05) is 49.7 Å². The number of carbonyl (C=O) groups is 2. The van der Waals surface area contributed by atoms with Crippen LogP contribution in [-0.2, 0) is 14.9 Å². The molecule has 8 heteroatoms. The van der Waals surface area contributed by atoms with E-state index in [1.165, 1.54) is 7.11 Å². The maximum atomic E-state index is 14.0. The summed E-state index contributed by atoms with van der Waals surface area (Å²) in [6.45, 7) is 5.04. The van der Waals surface area contributed by atoms with Gasteiger partial charge in [-0.05, 0) is 29.2 Å². The number of nitrogens with one attached hydrogen (secondary N) is 2. The van der Waals surface area contributed by atoms with E-state index in [1.807, 2.05) is 24.3 Å². The van der Waals surface area contributed by atoms with Crippen LogP contribution in [0.2, 0.25) is 5.02 Å². The number of ether oxygens (including phenoxy) is 1. The smallest absolute Gasteiger partial charge is 0.340 e. The lowest BCUT2D eigenvalue weighted by atomic mass is 9.71. The van der Waals surface area contributed by atoms with Crippen LogP contribution in [0.25, 0.3) is 0 Å². The van der Waals surface area contributed by atoms with Crippen molar-refractivity contribution in [3.63, 3.8) is 0 Å². The normalized spacial score (nSPS) is 14.6. The van der Waals surface area contributed by atoms with E-state index in [0.29, 0.717) is 13.1 Å². The molecule has 2 aromatic rings. The highest BCUT2D eigenvalue weighted by atomic mass is 35.5. The molecule has 0 unspecified atom stereocenters. The van der Waals surface area contributed by atoms with Gasteiger partial charge in [0, 0.05) is 13.1 Å². The minimum atomic E-state index is -0.801. The molecule has 1 amide bonds. The molecule has 1 aliphatic rings. The number of rotatable bonds is 5. The van der Waals surface area contributed by atoms with Gasteiger partial charge in [-0.2, -0.15) is 0 Å². The third-order valence-electron chi connectivity index (χ3n) is 5.10. The molecular weight excluding hydrogens is 418 g/mol. The Bertz CT molecular complexity index is 930. The quantitative estimate of drug-likeness (QED) is 0.680. The van der Waals surface area contributed by atoms with Gasteiger partial charge in [0.2, 0.25) is 5.91 Å². The number of anilines is 1. The Morgan fingerprint density at radius 1 is 1.24 bits per heavy atom. The molecule has 0 aromatic heterocycles. The number of hydrogen-bond acceptors (Lipinski definition) is 4. The summed E-state index contributed by atoms with van der Waals surface area (Å²) in [5.41, 5.74) is 1.24. The predicted molar refractivity (Wildman–Crippen MR) is 114 cm³/mol. The van der Waals surface area contributed by atoms with Crippen LogP contribution in [0.3, 0.4) is 0 Å². The Morgan fingerprint density at radius 2 is 1.90 bits per heavy atom. The first-order valence-electron chi connectivity index (χ1n) is 8.99. The molecule has 2 aromatic carbocycles. The van der Waals surface area contributed by atoms with Gasteiger partial charge in [0.15, 0.2) is 0 Å². The summed E-state index contributed by atoms with van der Waals surface area (Å²) in [7, 11) is 1.21. The van der Waals surface area contributed by atoms with Crippen LogP contribution in [0.4, 0.5) is 10.1 Å². The summed E-state index contributed by atoms with van der Waals surface area (Å²) in [6, 6.07) is 10.00. The van der Waals surface area contributed by atoms with Crippen LogP contribution in [0, 0.1) is 5.82 Å². The molecule has 29 heavy (non-hydrogen) atoms. The minimum absolute atomic E-state index is 0. The van der Waals surface area contributed by atoms with Crippen LogP contribution >= 0.6 is 24.0 Å². The number of amides is 1. The molecule has 0 radical (unpaired) electrons. The first-order chi connectivity index (χ1) is 13.3. The second kappa shape index (κ2) is 9.11. The monoisotopic (exact) mass is 440 g/mol. The zero-order valence-electron chi connectivity index (χ0n) is 16.3. The lowest BCUT2D eigenvalue weighted by Crippen LogP contribution is -2.63. The molecule has 1 fully saturated rings. The van der Waals surface area contributed by atoms with Gasteiger partial charge in [0.05, 0.1) is 28.8 Å². The Morgan fingerprint density at radius 3 is 2.45 bits per heavy atom. The largest absolute Gasteiger partial charge is 0.465 e. The minimum Gasteiger partial charge on any atom is -0.465 e. The van der Waals surface area contributed by atoms with E-state index in [1.54, 1.807) is 0 Å². The Balaban J connectivity index is 0.00000300. The highest BCUT2D eigenvalue weighted by Crippen LogP contribution is 2.36. The number of halogens is 3. The number of benzene rings is 2. The Labute approximate surface area is 180 Å². The van der Waals surface area contributed by atoms with E-state index in [2.05, 4.69) is 24.5 Å². The highest BCUT2D eigenvalue weighted by Gasteiger charge is 2.47. The van der Waals surface area contributed by atoms with E-state index < -0.39 is 17.2 Å². The number of carbonyl (C=O) groups excluding carboxylic acids is 2. The van der Waals surface area contributed by atoms with E-state index >= 15 is 0 Å². The van der Waals surface area contributed by atoms with Crippen LogP contribution in [0.5, 0.6) is 0 Å². The van der Waals surface area contributed by atoms with Gasteiger partial charge in [-0.15, -0.1) is 12.4 Å². The topological polar surface area (TPSA) is 67.4 Å². The van der Waals surface area contributed by atoms with E-state index in [4.69, 9.17) is 16.3 Å². The van der Waals surface area contributed by atoms with Crippen molar-refractivity contribution < 1.29 is 18.7 Å². The average Bonchev–Trinajstić information content (AvgIpc) is 2.63. The summed E-state index contributed by atoms with van der Waals surface area (Å²) in [4.78, 5) is 25.4. The molecule has 3 rings (SSSR count). The van der Waals surface area contributed by atoms with Crippen molar-refractivity contribution in [3.05, 3.63) is 63.9 Å². The van der Waals surface area contributed by atoms with Crippen molar-refractivity contribution in [1.82, 2.24) is 5.32 Å². The number of hydrogen-bond donors (Lipinski definition) is 2. The molecule has 156 valence electrons. The summed E-state index contributed by atoms with van der Waals surface area (Å²) >= 11 is 5.80. The van der Waals surface area contributed by atoms with Crippen LogP contribution < -0.4 is 10.6 Å². The highest BCUT2D eigenvalue weighted by molar-refractivity contribution is 6.31. The first-order valence-corrected chi connectivity index (χ1v) is 9.37. The molecule has 1 aliphatic heterocycles. The van der Waals surface area contributed by atoms with E-state index in [0.717, 1.165) is 23.3 Å².